The quantitative estimate of drug-likeness (QED) is 0.644. The summed E-state index contributed by atoms with van der Waals surface area (Å²) in [6, 6.07) is 14.4. The van der Waals surface area contributed by atoms with Gasteiger partial charge in [-0.1, -0.05) is 31.2 Å². The summed E-state index contributed by atoms with van der Waals surface area (Å²) in [6.45, 7) is 3.28. The zero-order chi connectivity index (χ0) is 18.8. The highest BCUT2D eigenvalue weighted by Gasteiger charge is 2.09. The third kappa shape index (κ3) is 6.29. The molecule has 2 aromatic carbocycles. The van der Waals surface area contributed by atoms with E-state index in [1.54, 1.807) is 31.4 Å². The van der Waals surface area contributed by atoms with Gasteiger partial charge in [-0.3, -0.25) is 0 Å². The number of methoxy groups -OCH3 is 1. The summed E-state index contributed by atoms with van der Waals surface area (Å²) in [4.78, 5) is 11.9. The Bertz CT molecular complexity index is 671. The Hall–Kier alpha value is -2.73. The second-order valence-electron chi connectivity index (χ2n) is 5.84. The minimum Gasteiger partial charge on any atom is -0.497 e. The predicted octanol–water partition coefficient (Wildman–Crippen LogP) is 3.02. The first kappa shape index (κ1) is 19.6. The maximum Gasteiger partial charge on any atom is 0.315 e. The number of rotatable bonds is 9. The standard InChI is InChI=1S/C20H26N2O4/c1-3-12-26-18-8-4-15(5-9-18)13-21-20(24)22-14-19(23)16-6-10-17(25-2)11-7-16/h4-11,19,23H,3,12-14H2,1-2H3,(H2,21,22,24). The molecule has 1 atom stereocenters. The lowest BCUT2D eigenvalue weighted by atomic mass is 10.1. The van der Waals surface area contributed by atoms with Crippen LogP contribution in [0.5, 0.6) is 11.5 Å². The first-order chi connectivity index (χ1) is 12.6. The van der Waals surface area contributed by atoms with Crippen LogP contribution in [0.2, 0.25) is 0 Å². The molecule has 6 heteroatoms. The number of hydrogen-bond acceptors (Lipinski definition) is 4. The van der Waals surface area contributed by atoms with Crippen molar-refractivity contribution in [2.24, 2.45) is 0 Å². The van der Waals surface area contributed by atoms with Gasteiger partial charge in [0.15, 0.2) is 0 Å². The second-order valence-corrected chi connectivity index (χ2v) is 5.84. The van der Waals surface area contributed by atoms with Crippen molar-refractivity contribution in [2.45, 2.75) is 26.0 Å². The summed E-state index contributed by atoms with van der Waals surface area (Å²) < 4.78 is 10.6. The topological polar surface area (TPSA) is 79.8 Å². The zero-order valence-electron chi connectivity index (χ0n) is 15.2. The number of benzene rings is 2. The molecular weight excluding hydrogens is 332 g/mol. The van der Waals surface area contributed by atoms with Gasteiger partial charge >= 0.3 is 6.03 Å². The molecule has 0 radical (unpaired) electrons. The molecule has 26 heavy (non-hydrogen) atoms. The largest absolute Gasteiger partial charge is 0.497 e. The number of amides is 2. The fourth-order valence-corrected chi connectivity index (χ4v) is 2.30. The van der Waals surface area contributed by atoms with Gasteiger partial charge in [-0.15, -0.1) is 0 Å². The summed E-state index contributed by atoms with van der Waals surface area (Å²) >= 11 is 0. The SMILES string of the molecule is CCCOc1ccc(CNC(=O)NCC(O)c2ccc(OC)cc2)cc1. The van der Waals surface area contributed by atoms with Crippen LogP contribution in [0.25, 0.3) is 0 Å². The molecule has 1 unspecified atom stereocenters. The van der Waals surface area contributed by atoms with E-state index >= 15 is 0 Å². The van der Waals surface area contributed by atoms with E-state index in [1.165, 1.54) is 0 Å². The number of ether oxygens (including phenoxy) is 2. The van der Waals surface area contributed by atoms with Crippen LogP contribution in [-0.2, 0) is 6.54 Å². The Kier molecular flexibility index (Phi) is 7.76. The summed E-state index contributed by atoms with van der Waals surface area (Å²) in [5.74, 6) is 1.54. The summed E-state index contributed by atoms with van der Waals surface area (Å²) in [5, 5.41) is 15.6. The molecule has 0 aliphatic heterocycles. The smallest absolute Gasteiger partial charge is 0.315 e. The monoisotopic (exact) mass is 358 g/mol. The van der Waals surface area contributed by atoms with Crippen molar-refractivity contribution in [1.82, 2.24) is 10.6 Å². The molecule has 6 nitrogen and oxygen atoms in total. The lowest BCUT2D eigenvalue weighted by Crippen LogP contribution is -2.37. The molecule has 0 saturated carbocycles. The van der Waals surface area contributed by atoms with Gasteiger partial charge < -0.3 is 25.2 Å². The number of carbonyl (C=O) groups is 1. The average molecular weight is 358 g/mol. The molecule has 2 aromatic rings. The third-order valence-corrected chi connectivity index (χ3v) is 3.81. The molecule has 0 aliphatic carbocycles. The number of urea groups is 1. The molecule has 2 amide bonds. The molecule has 0 spiro atoms. The van der Waals surface area contributed by atoms with Gasteiger partial charge in [-0.05, 0) is 41.8 Å². The lowest BCUT2D eigenvalue weighted by Gasteiger charge is -2.13. The van der Waals surface area contributed by atoms with Gasteiger partial charge in [0.2, 0.25) is 0 Å². The Morgan fingerprint density at radius 2 is 1.69 bits per heavy atom. The van der Waals surface area contributed by atoms with E-state index in [9.17, 15) is 9.90 Å². The van der Waals surface area contributed by atoms with Gasteiger partial charge in [-0.25, -0.2) is 4.79 Å². The van der Waals surface area contributed by atoms with E-state index in [4.69, 9.17) is 9.47 Å². The van der Waals surface area contributed by atoms with Crippen LogP contribution >= 0.6 is 0 Å². The highest BCUT2D eigenvalue weighted by Crippen LogP contribution is 2.17. The Labute approximate surface area is 154 Å². The molecule has 0 aliphatic rings. The van der Waals surface area contributed by atoms with Crippen molar-refractivity contribution < 1.29 is 19.4 Å². The Morgan fingerprint density at radius 1 is 1.04 bits per heavy atom. The minimum atomic E-state index is -0.776. The second kappa shape index (κ2) is 10.3. The molecule has 0 aromatic heterocycles. The van der Waals surface area contributed by atoms with Crippen LogP contribution in [0.4, 0.5) is 4.79 Å². The van der Waals surface area contributed by atoms with Gasteiger partial charge in [0.25, 0.3) is 0 Å². The molecule has 3 N–H and O–H groups in total. The molecular formula is C20H26N2O4. The minimum absolute atomic E-state index is 0.127. The fraction of sp³-hybridized carbons (Fsp3) is 0.350. The van der Waals surface area contributed by atoms with Crippen molar-refractivity contribution in [3.05, 3.63) is 59.7 Å². The molecule has 0 fully saturated rings. The predicted molar refractivity (Wildman–Crippen MR) is 100 cm³/mol. The van der Waals surface area contributed by atoms with E-state index < -0.39 is 6.10 Å². The van der Waals surface area contributed by atoms with E-state index in [1.807, 2.05) is 24.3 Å². The molecule has 0 bridgehead atoms. The number of hydrogen-bond donors (Lipinski definition) is 3. The van der Waals surface area contributed by atoms with Crippen molar-refractivity contribution in [2.75, 3.05) is 20.3 Å². The van der Waals surface area contributed by atoms with E-state index in [0.717, 1.165) is 23.5 Å². The third-order valence-electron chi connectivity index (χ3n) is 3.81. The molecule has 2 rings (SSSR count). The van der Waals surface area contributed by atoms with Gasteiger partial charge in [0.05, 0.1) is 19.8 Å². The Morgan fingerprint density at radius 3 is 2.31 bits per heavy atom. The Balaban J connectivity index is 1.72. The van der Waals surface area contributed by atoms with Crippen molar-refractivity contribution in [3.63, 3.8) is 0 Å². The molecule has 0 saturated heterocycles. The first-order valence-corrected chi connectivity index (χ1v) is 8.67. The van der Waals surface area contributed by atoms with Crippen LogP contribution in [0.3, 0.4) is 0 Å². The van der Waals surface area contributed by atoms with Crippen molar-refractivity contribution in [1.29, 1.82) is 0 Å². The average Bonchev–Trinajstić information content (AvgIpc) is 2.69. The van der Waals surface area contributed by atoms with Crippen molar-refractivity contribution in [3.8, 4) is 11.5 Å². The summed E-state index contributed by atoms with van der Waals surface area (Å²) in [5.41, 5.74) is 1.69. The number of carbonyl (C=O) groups excluding carboxylic acids is 1. The van der Waals surface area contributed by atoms with Crippen LogP contribution in [0.1, 0.15) is 30.6 Å². The number of aliphatic hydroxyl groups excluding tert-OH is 1. The van der Waals surface area contributed by atoms with E-state index in [-0.39, 0.29) is 12.6 Å². The first-order valence-electron chi connectivity index (χ1n) is 8.67. The van der Waals surface area contributed by atoms with Crippen LogP contribution in [0, 0.1) is 0 Å². The van der Waals surface area contributed by atoms with Crippen LogP contribution in [0.15, 0.2) is 48.5 Å². The summed E-state index contributed by atoms with van der Waals surface area (Å²) in [7, 11) is 1.59. The number of nitrogens with one attached hydrogen (secondary N) is 2. The van der Waals surface area contributed by atoms with Crippen LogP contribution in [-0.4, -0.2) is 31.4 Å². The maximum absolute atomic E-state index is 11.9. The van der Waals surface area contributed by atoms with E-state index in [2.05, 4.69) is 17.6 Å². The van der Waals surface area contributed by atoms with Gasteiger partial charge in [0.1, 0.15) is 11.5 Å². The van der Waals surface area contributed by atoms with Crippen molar-refractivity contribution >= 4 is 6.03 Å². The van der Waals surface area contributed by atoms with E-state index in [0.29, 0.717) is 18.7 Å². The zero-order valence-corrected chi connectivity index (χ0v) is 15.2. The van der Waals surface area contributed by atoms with Crippen LogP contribution < -0.4 is 20.1 Å². The normalized spacial score (nSPS) is 11.5. The van der Waals surface area contributed by atoms with Gasteiger partial charge in [-0.2, -0.15) is 0 Å². The fourth-order valence-electron chi connectivity index (χ4n) is 2.30. The highest BCUT2D eigenvalue weighted by molar-refractivity contribution is 5.73. The molecule has 140 valence electrons. The maximum atomic E-state index is 11.9. The van der Waals surface area contributed by atoms with Gasteiger partial charge in [0, 0.05) is 13.1 Å². The highest BCUT2D eigenvalue weighted by atomic mass is 16.5. The lowest BCUT2D eigenvalue weighted by molar-refractivity contribution is 0.173. The number of aliphatic hydroxyl groups is 1. The molecule has 0 heterocycles. The summed E-state index contributed by atoms with van der Waals surface area (Å²) in [6.07, 6.45) is 0.188.